The Morgan fingerprint density at radius 1 is 1.13 bits per heavy atom. The topological polar surface area (TPSA) is 85.6 Å². The van der Waals surface area contributed by atoms with Gasteiger partial charge in [0, 0.05) is 46.4 Å². The van der Waals surface area contributed by atoms with Crippen molar-refractivity contribution < 1.29 is 9.53 Å². The first-order chi connectivity index (χ1) is 18.0. The number of nitrogens with one attached hydrogen (secondary N) is 1. The molecule has 7 nitrogen and oxygen atoms in total. The number of fused-ring (bicyclic) bond motifs is 1. The lowest BCUT2D eigenvalue weighted by atomic mass is 10.0. The molecule has 1 atom stereocenters. The minimum absolute atomic E-state index is 0.0962. The lowest BCUT2D eigenvalue weighted by molar-refractivity contribution is 0.00706. The molecule has 1 fully saturated rings. The molecule has 38 heavy (non-hydrogen) atoms. The molecule has 1 aromatic carbocycles. The van der Waals surface area contributed by atoms with Crippen molar-refractivity contribution in [1.29, 1.82) is 0 Å². The third-order valence-corrected chi connectivity index (χ3v) is 6.75. The standard InChI is InChI=1S/C31H34N4O3/c1-18-15-24(20(3)33-25-10-8-7-9-23(25)30(37)38-31(4,5)6)28-34-27(19(2)29(36)35(28)17-18)22-13-14-32-26(16-22)21-11-12-21/h7-10,13-17,20-21,33H,11-12H2,1-6H3. The number of aryl methyl sites for hydroxylation is 1. The van der Waals surface area contributed by atoms with Crippen LogP contribution in [0.4, 0.5) is 5.69 Å². The molecule has 1 aliphatic rings. The van der Waals surface area contributed by atoms with E-state index in [9.17, 15) is 9.59 Å². The van der Waals surface area contributed by atoms with Gasteiger partial charge >= 0.3 is 5.97 Å². The van der Waals surface area contributed by atoms with Crippen LogP contribution < -0.4 is 10.9 Å². The number of anilines is 1. The third-order valence-electron chi connectivity index (χ3n) is 6.75. The molecule has 0 aliphatic heterocycles. The quantitative estimate of drug-likeness (QED) is 0.303. The maximum atomic E-state index is 13.5. The van der Waals surface area contributed by atoms with Gasteiger partial charge in [-0.2, -0.15) is 0 Å². The summed E-state index contributed by atoms with van der Waals surface area (Å²) in [7, 11) is 0. The fraction of sp³-hybridized carbons (Fsp3) is 0.355. The second-order valence-corrected chi connectivity index (χ2v) is 11.2. The summed E-state index contributed by atoms with van der Waals surface area (Å²) >= 11 is 0. The van der Waals surface area contributed by atoms with Crippen LogP contribution in [0.5, 0.6) is 0 Å². The van der Waals surface area contributed by atoms with E-state index in [0.717, 1.165) is 35.2 Å². The molecule has 1 aliphatic carbocycles. The summed E-state index contributed by atoms with van der Waals surface area (Å²) in [5.74, 6) is 0.114. The first-order valence-electron chi connectivity index (χ1n) is 13.1. The summed E-state index contributed by atoms with van der Waals surface area (Å²) in [4.78, 5) is 36.0. The summed E-state index contributed by atoms with van der Waals surface area (Å²) in [6, 6.07) is 13.1. The van der Waals surface area contributed by atoms with E-state index in [1.807, 2.05) is 78.1 Å². The molecular weight excluding hydrogens is 476 g/mol. The molecule has 1 N–H and O–H groups in total. The van der Waals surface area contributed by atoms with Crippen LogP contribution in [0.25, 0.3) is 16.9 Å². The highest BCUT2D eigenvalue weighted by molar-refractivity contribution is 5.96. The summed E-state index contributed by atoms with van der Waals surface area (Å²) in [5, 5.41) is 3.47. The van der Waals surface area contributed by atoms with E-state index in [4.69, 9.17) is 9.72 Å². The van der Waals surface area contributed by atoms with Crippen molar-refractivity contribution in [1.82, 2.24) is 14.4 Å². The van der Waals surface area contributed by atoms with Gasteiger partial charge in [-0.25, -0.2) is 9.78 Å². The SMILES string of the molecule is Cc1cc(C(C)Nc2ccccc2C(=O)OC(C)(C)C)c2nc(-c3ccnc(C4CC4)c3)c(C)c(=O)n2c1. The first kappa shape index (κ1) is 25.6. The van der Waals surface area contributed by atoms with Gasteiger partial charge < -0.3 is 10.1 Å². The predicted octanol–water partition coefficient (Wildman–Crippen LogP) is 6.38. The molecule has 196 valence electrons. The Bertz CT molecular complexity index is 1600. The molecule has 1 unspecified atom stereocenters. The van der Waals surface area contributed by atoms with Crippen molar-refractivity contribution in [2.75, 3.05) is 5.32 Å². The number of ether oxygens (including phenoxy) is 1. The molecule has 0 amide bonds. The van der Waals surface area contributed by atoms with Crippen LogP contribution in [-0.2, 0) is 4.74 Å². The number of hydrogen-bond acceptors (Lipinski definition) is 6. The molecule has 0 saturated heterocycles. The summed E-state index contributed by atoms with van der Waals surface area (Å²) in [6.07, 6.45) is 5.94. The van der Waals surface area contributed by atoms with Crippen LogP contribution in [0.2, 0.25) is 0 Å². The molecular formula is C31H34N4O3. The number of carbonyl (C=O) groups is 1. The second kappa shape index (κ2) is 9.71. The summed E-state index contributed by atoms with van der Waals surface area (Å²) < 4.78 is 7.25. The number of benzene rings is 1. The number of hydrogen-bond donors (Lipinski definition) is 1. The Morgan fingerprint density at radius 2 is 1.87 bits per heavy atom. The highest BCUT2D eigenvalue weighted by atomic mass is 16.6. The fourth-order valence-electron chi connectivity index (χ4n) is 4.72. The van der Waals surface area contributed by atoms with Crippen molar-refractivity contribution in [2.45, 2.75) is 71.9 Å². The summed E-state index contributed by atoms with van der Waals surface area (Å²) in [6.45, 7) is 11.3. The Labute approximate surface area is 222 Å². The highest BCUT2D eigenvalue weighted by Crippen LogP contribution is 2.40. The van der Waals surface area contributed by atoms with Crippen LogP contribution in [0.3, 0.4) is 0 Å². The van der Waals surface area contributed by atoms with Crippen LogP contribution in [-0.4, -0.2) is 25.9 Å². The van der Waals surface area contributed by atoms with Gasteiger partial charge in [0.05, 0.1) is 17.3 Å². The van der Waals surface area contributed by atoms with Crippen LogP contribution in [0.1, 0.15) is 85.2 Å². The smallest absolute Gasteiger partial charge is 0.340 e. The average Bonchev–Trinajstić information content (AvgIpc) is 3.71. The monoisotopic (exact) mass is 510 g/mol. The van der Waals surface area contributed by atoms with E-state index in [1.165, 1.54) is 0 Å². The highest BCUT2D eigenvalue weighted by Gasteiger charge is 2.26. The van der Waals surface area contributed by atoms with E-state index < -0.39 is 11.6 Å². The van der Waals surface area contributed by atoms with Gasteiger partial charge in [0.15, 0.2) is 0 Å². The lowest BCUT2D eigenvalue weighted by Gasteiger charge is -2.23. The molecule has 0 spiro atoms. The minimum Gasteiger partial charge on any atom is -0.456 e. The molecule has 7 heteroatoms. The Hall–Kier alpha value is -4.00. The molecule has 4 aromatic rings. The van der Waals surface area contributed by atoms with Crippen LogP contribution in [0, 0.1) is 13.8 Å². The Kier molecular flexibility index (Phi) is 6.55. The molecule has 3 heterocycles. The first-order valence-corrected chi connectivity index (χ1v) is 13.1. The van der Waals surface area contributed by atoms with Gasteiger partial charge in [0.1, 0.15) is 11.2 Å². The number of nitrogens with zero attached hydrogens (tertiary/aromatic N) is 3. The van der Waals surface area contributed by atoms with Gasteiger partial charge in [0.2, 0.25) is 0 Å². The average molecular weight is 511 g/mol. The predicted molar refractivity (Wildman–Crippen MR) is 150 cm³/mol. The van der Waals surface area contributed by atoms with E-state index in [-0.39, 0.29) is 11.6 Å². The van der Waals surface area contributed by atoms with Gasteiger partial charge in [-0.1, -0.05) is 12.1 Å². The zero-order valence-corrected chi connectivity index (χ0v) is 22.8. The van der Waals surface area contributed by atoms with E-state index in [1.54, 1.807) is 16.7 Å². The molecule has 0 bridgehead atoms. The molecule has 3 aromatic heterocycles. The third kappa shape index (κ3) is 5.19. The van der Waals surface area contributed by atoms with Crippen molar-refractivity contribution >= 4 is 17.3 Å². The van der Waals surface area contributed by atoms with Gasteiger partial charge in [0.25, 0.3) is 5.56 Å². The van der Waals surface area contributed by atoms with Crippen LogP contribution >= 0.6 is 0 Å². The van der Waals surface area contributed by atoms with Gasteiger partial charge in [-0.3, -0.25) is 14.2 Å². The second-order valence-electron chi connectivity index (χ2n) is 11.2. The van der Waals surface area contributed by atoms with Crippen molar-refractivity contribution in [3.8, 4) is 11.3 Å². The van der Waals surface area contributed by atoms with Crippen molar-refractivity contribution in [3.05, 3.63) is 93.2 Å². The maximum Gasteiger partial charge on any atom is 0.340 e. The van der Waals surface area contributed by atoms with Crippen molar-refractivity contribution in [2.24, 2.45) is 0 Å². The van der Waals surface area contributed by atoms with Crippen LogP contribution in [0.15, 0.2) is 59.7 Å². The Balaban J connectivity index is 1.58. The maximum absolute atomic E-state index is 13.5. The zero-order chi connectivity index (χ0) is 27.2. The lowest BCUT2D eigenvalue weighted by Crippen LogP contribution is -2.25. The fourth-order valence-corrected chi connectivity index (χ4v) is 4.72. The number of rotatable bonds is 6. The molecule has 1 saturated carbocycles. The Morgan fingerprint density at radius 3 is 2.58 bits per heavy atom. The largest absolute Gasteiger partial charge is 0.456 e. The van der Waals surface area contributed by atoms with Gasteiger partial charge in [-0.05, 0) is 90.3 Å². The molecule has 0 radical (unpaired) electrons. The molecule has 5 rings (SSSR count). The number of carbonyl (C=O) groups excluding carboxylic acids is 1. The number of para-hydroxylation sites is 1. The van der Waals surface area contributed by atoms with E-state index in [0.29, 0.717) is 34.1 Å². The van der Waals surface area contributed by atoms with E-state index in [2.05, 4.69) is 16.4 Å². The normalized spacial score (nSPS) is 14.4. The number of aromatic nitrogens is 3. The number of pyridine rings is 2. The minimum atomic E-state index is -0.603. The summed E-state index contributed by atoms with van der Waals surface area (Å²) in [5.41, 5.74) is 6.04. The van der Waals surface area contributed by atoms with E-state index >= 15 is 0 Å². The number of esters is 1. The van der Waals surface area contributed by atoms with Crippen molar-refractivity contribution in [3.63, 3.8) is 0 Å². The zero-order valence-electron chi connectivity index (χ0n) is 22.8. The van der Waals surface area contributed by atoms with Gasteiger partial charge in [-0.15, -0.1) is 0 Å².